The van der Waals surface area contributed by atoms with Crippen LogP contribution >= 0.6 is 68.5 Å². The number of fused-ring (bicyclic) bond motifs is 4. The van der Waals surface area contributed by atoms with Crippen molar-refractivity contribution in [1.29, 1.82) is 0 Å². The quantitative estimate of drug-likeness (QED) is 0.0111. The Kier molecular flexibility index (Phi) is 31.8. The lowest BCUT2D eigenvalue weighted by Crippen LogP contribution is -2.15. The zero-order chi connectivity index (χ0) is 89.7. The van der Waals surface area contributed by atoms with Crippen LogP contribution in [0.4, 0.5) is 17.6 Å². The van der Waals surface area contributed by atoms with Crippen molar-refractivity contribution in [1.82, 2.24) is 21.3 Å². The lowest BCUT2D eigenvalue weighted by molar-refractivity contribution is -0.137. The van der Waals surface area contributed by atoms with Gasteiger partial charge in [-0.3, -0.25) is 19.2 Å². The number of thiophene rings is 4. The molecule has 4 heterocycles. The summed E-state index contributed by atoms with van der Waals surface area (Å²) in [5.74, 6) is 2.57. The largest absolute Gasteiger partial charge is 0.508 e. The molecule has 12 aromatic carbocycles. The molecule has 0 radical (unpaired) electrons. The van der Waals surface area contributed by atoms with Crippen molar-refractivity contribution in [2.75, 3.05) is 52.4 Å². The first-order valence-electron chi connectivity index (χ1n) is 41.0. The Balaban J connectivity index is 0.000000145. The molecular formula is C101H88Cl2F4N4O12S4. The number of rotatable bonds is 32. The van der Waals surface area contributed by atoms with E-state index in [1.54, 1.807) is 121 Å². The molecule has 0 unspecified atom stereocenters. The number of ketones is 4. The van der Waals surface area contributed by atoms with Crippen LogP contribution in [0.25, 0.3) is 40.3 Å². The molecule has 650 valence electrons. The van der Waals surface area contributed by atoms with Gasteiger partial charge in [-0.05, 0) is 288 Å². The zero-order valence-electron chi connectivity index (χ0n) is 69.3. The van der Waals surface area contributed by atoms with E-state index in [0.717, 1.165) is 137 Å². The molecule has 0 bridgehead atoms. The maximum absolute atomic E-state index is 13.6. The number of phenols is 4. The fourth-order valence-corrected chi connectivity index (χ4v) is 18.4. The van der Waals surface area contributed by atoms with Crippen LogP contribution in [0.3, 0.4) is 0 Å². The van der Waals surface area contributed by atoms with Crippen LogP contribution in [-0.4, -0.2) is 95.9 Å². The van der Waals surface area contributed by atoms with Crippen LogP contribution in [-0.2, 0) is 31.9 Å². The van der Waals surface area contributed by atoms with Gasteiger partial charge in [0.05, 0.1) is 10.6 Å². The fraction of sp³-hybridized carbons (Fsp3) is 0.168. The highest BCUT2D eigenvalue weighted by molar-refractivity contribution is 7.22. The predicted molar refractivity (Wildman–Crippen MR) is 503 cm³/mol. The summed E-state index contributed by atoms with van der Waals surface area (Å²) in [5.41, 5.74) is 4.59. The number of likely N-dealkylation sites (N-methyl/N-ethyl adjacent to an activating group) is 4. The van der Waals surface area contributed by atoms with Gasteiger partial charge in [0.1, 0.15) is 71.3 Å². The van der Waals surface area contributed by atoms with Crippen molar-refractivity contribution in [2.45, 2.75) is 59.6 Å². The average Bonchev–Trinajstić information content (AvgIpc) is 1.65. The Bertz CT molecular complexity index is 6310. The second kappa shape index (κ2) is 43.7. The van der Waals surface area contributed by atoms with Gasteiger partial charge in [0, 0.05) is 67.6 Å². The number of carbonyl (C=O) groups excluding carboxylic acids is 4. The van der Waals surface area contributed by atoms with Gasteiger partial charge in [0.2, 0.25) is 23.1 Å². The van der Waals surface area contributed by atoms with E-state index in [4.69, 9.17) is 42.1 Å². The van der Waals surface area contributed by atoms with Crippen LogP contribution in [0.2, 0.25) is 10.0 Å². The van der Waals surface area contributed by atoms with Crippen LogP contribution in [0.1, 0.15) is 116 Å². The average molecular weight is 1820 g/mol. The van der Waals surface area contributed by atoms with Crippen molar-refractivity contribution >= 4 is 132 Å². The number of aromatic hydroxyl groups is 4. The number of alkyl halides is 3. The highest BCUT2D eigenvalue weighted by atomic mass is 35.5. The highest BCUT2D eigenvalue weighted by Crippen LogP contribution is 2.49. The second-order valence-electron chi connectivity index (χ2n) is 29.0. The molecule has 0 atom stereocenters. The third-order valence-corrected chi connectivity index (χ3v) is 25.2. The van der Waals surface area contributed by atoms with Gasteiger partial charge in [-0.15, -0.1) is 45.3 Å². The van der Waals surface area contributed by atoms with E-state index in [9.17, 15) is 57.2 Å². The molecule has 4 aromatic heterocycles. The fourth-order valence-electron chi connectivity index (χ4n) is 13.5. The molecule has 0 saturated carbocycles. The minimum atomic E-state index is -4.68. The summed E-state index contributed by atoms with van der Waals surface area (Å²) >= 11 is 17.1. The van der Waals surface area contributed by atoms with E-state index >= 15 is 0 Å². The Morgan fingerprint density at radius 1 is 0.339 bits per heavy atom. The molecular weight excluding hydrogens is 1740 g/mol. The number of benzene rings is 12. The number of hydrogen-bond acceptors (Lipinski definition) is 20. The number of carbonyl (C=O) groups is 4. The standard InChI is InChI=1S/C26H22F3NO3S.2C25H22ClNO3S.C25H22FNO3S/c1-2-30-14-13-16-7-10-18(11-8-16)33-24-20-12-9-17(31)15-22(20)34-25(24)23(32)19-5-3-4-6-21(19)26(27,28)29;1-2-27-14-13-16-3-10-20(11-4-16)30-24-21-12-9-19(28)15-22(21)31-25(24)23(29)17-5-7-18(26)8-6-17;1-2-27-14-13-16-7-10-18(11-8-16)30-24-20-12-9-17(28)15-22(20)31-25(24)23(29)19-5-3-4-6-21(19)26;1-2-27-14-13-16-3-10-20(11-4-16)30-24-21-12-9-19(28)15-22(21)31-25(24)23(29)17-5-7-18(26)8-6-17/h3-12,15,30-31H,2,13-14H2,1H3;3*3-12,15,27-28H,2,13-14H2,1H3. The van der Waals surface area contributed by atoms with Crippen LogP contribution in [0.5, 0.6) is 69.0 Å². The first-order valence-corrected chi connectivity index (χ1v) is 45.0. The van der Waals surface area contributed by atoms with Gasteiger partial charge >= 0.3 is 6.18 Å². The van der Waals surface area contributed by atoms with Crippen molar-refractivity contribution in [2.24, 2.45) is 0 Å². The van der Waals surface area contributed by atoms with E-state index in [1.165, 1.54) is 99.2 Å². The van der Waals surface area contributed by atoms with Gasteiger partial charge < -0.3 is 60.6 Å². The minimum Gasteiger partial charge on any atom is -0.508 e. The third-order valence-electron chi connectivity index (χ3n) is 20.1. The summed E-state index contributed by atoms with van der Waals surface area (Å²) < 4.78 is 81.5. The second-order valence-corrected chi connectivity index (χ2v) is 34.1. The van der Waals surface area contributed by atoms with Crippen LogP contribution in [0, 0.1) is 5.82 Å². The molecule has 16 rings (SSSR count). The van der Waals surface area contributed by atoms with Gasteiger partial charge in [-0.2, -0.15) is 13.2 Å². The Hall–Kier alpha value is -12.3. The maximum Gasteiger partial charge on any atom is 0.417 e. The molecule has 0 saturated heterocycles. The summed E-state index contributed by atoms with van der Waals surface area (Å²) in [7, 11) is 0. The number of ether oxygens (including phenoxy) is 4. The summed E-state index contributed by atoms with van der Waals surface area (Å²) in [5, 5.41) is 56.5. The summed E-state index contributed by atoms with van der Waals surface area (Å²) in [6.45, 7) is 15.6. The topological polar surface area (TPSA) is 234 Å². The molecule has 127 heavy (non-hydrogen) atoms. The molecule has 0 aliphatic carbocycles. The Labute approximate surface area is 757 Å². The van der Waals surface area contributed by atoms with E-state index < -0.39 is 28.9 Å². The lowest BCUT2D eigenvalue weighted by Gasteiger charge is -2.12. The SMILES string of the molecule is CCNCCc1ccc(Oc2c(C(=O)c3ccc(Cl)cc3)sc3cc(O)ccc23)cc1.CCNCCc1ccc(Oc2c(C(=O)c3ccc(F)cc3)sc3cc(O)ccc23)cc1.CCNCCc1ccc(Oc2c(C(=O)c3ccccc3C(F)(F)F)sc3cc(O)ccc23)cc1.CCNCCc1ccc(Oc2c(C(=O)c3ccccc3Cl)sc3cc(O)ccc23)cc1. The summed E-state index contributed by atoms with van der Waals surface area (Å²) in [6, 6.07) is 74.3. The van der Waals surface area contributed by atoms with Gasteiger partial charge in [-0.25, -0.2) is 4.39 Å². The van der Waals surface area contributed by atoms with Crippen LogP contribution < -0.4 is 40.2 Å². The highest BCUT2D eigenvalue weighted by Gasteiger charge is 2.37. The van der Waals surface area contributed by atoms with Gasteiger partial charge in [-0.1, -0.05) is 130 Å². The molecule has 0 fully saturated rings. The van der Waals surface area contributed by atoms with E-state index in [2.05, 4.69) is 42.0 Å². The van der Waals surface area contributed by atoms with Crippen molar-refractivity contribution in [3.05, 3.63) is 352 Å². The van der Waals surface area contributed by atoms with E-state index in [0.29, 0.717) is 91.7 Å². The molecule has 0 amide bonds. The smallest absolute Gasteiger partial charge is 0.417 e. The third kappa shape index (κ3) is 23.9. The van der Waals surface area contributed by atoms with Gasteiger partial charge in [0.15, 0.2) is 23.0 Å². The lowest BCUT2D eigenvalue weighted by atomic mass is 10.0. The predicted octanol–water partition coefficient (Wildman–Crippen LogP) is 25.6. The first kappa shape index (κ1) is 92.4. The summed E-state index contributed by atoms with van der Waals surface area (Å²) in [6.07, 6.45) is -1.04. The number of hydrogen-bond donors (Lipinski definition) is 8. The zero-order valence-corrected chi connectivity index (χ0v) is 74.1. The number of phenolic OH excluding ortho intramolecular Hbond substituents is 4. The number of halogens is 6. The molecule has 0 aliphatic heterocycles. The van der Waals surface area contributed by atoms with Crippen molar-refractivity contribution < 1.29 is 76.1 Å². The monoisotopic (exact) mass is 1820 g/mol. The van der Waals surface area contributed by atoms with E-state index in [1.807, 2.05) is 91.9 Å². The van der Waals surface area contributed by atoms with Crippen molar-refractivity contribution in [3.8, 4) is 69.0 Å². The molecule has 0 aliphatic rings. The molecule has 26 heteroatoms. The molecule has 8 N–H and O–H groups in total. The van der Waals surface area contributed by atoms with Gasteiger partial charge in [0.25, 0.3) is 0 Å². The Morgan fingerprint density at radius 3 is 0.913 bits per heavy atom. The maximum atomic E-state index is 13.6. The molecule has 16 aromatic rings. The number of nitrogens with one attached hydrogen (secondary N) is 4. The Morgan fingerprint density at radius 2 is 0.614 bits per heavy atom. The normalized spacial score (nSPS) is 11.2. The minimum absolute atomic E-state index is 0.0139. The van der Waals surface area contributed by atoms with E-state index in [-0.39, 0.29) is 51.0 Å². The molecule has 0 spiro atoms. The van der Waals surface area contributed by atoms with Crippen molar-refractivity contribution in [3.63, 3.8) is 0 Å². The first-order chi connectivity index (χ1) is 61.4. The molecule has 16 nitrogen and oxygen atoms in total. The van der Waals surface area contributed by atoms with Crippen LogP contribution in [0.15, 0.2) is 267 Å². The summed E-state index contributed by atoms with van der Waals surface area (Å²) in [4.78, 5) is 54.4.